The molecule has 1 aliphatic heterocycles. The Labute approximate surface area is 111 Å². The van der Waals surface area contributed by atoms with Gasteiger partial charge in [-0.3, -0.25) is 4.79 Å². The highest BCUT2D eigenvalue weighted by molar-refractivity contribution is 7.89. The third-order valence-electron chi connectivity index (χ3n) is 3.13. The van der Waals surface area contributed by atoms with Crippen molar-refractivity contribution in [2.24, 2.45) is 5.14 Å². The zero-order valence-electron chi connectivity index (χ0n) is 10.5. The monoisotopic (exact) mass is 284 g/mol. The van der Waals surface area contributed by atoms with Crippen LogP contribution in [-0.2, 0) is 14.8 Å². The SMILES string of the molecule is CN1CCC(Nc2cccc(S(N)(=O)=O)c2N)C1=O. The van der Waals surface area contributed by atoms with Crippen LogP contribution in [0.25, 0.3) is 0 Å². The normalized spacial score (nSPS) is 19.8. The molecule has 1 atom stereocenters. The molecule has 1 amide bonds. The van der Waals surface area contributed by atoms with Gasteiger partial charge in [0.2, 0.25) is 15.9 Å². The predicted molar refractivity (Wildman–Crippen MR) is 71.9 cm³/mol. The summed E-state index contributed by atoms with van der Waals surface area (Å²) in [6.45, 7) is 0.658. The van der Waals surface area contributed by atoms with Crippen LogP contribution in [0.2, 0.25) is 0 Å². The summed E-state index contributed by atoms with van der Waals surface area (Å²) in [6.07, 6.45) is 0.647. The van der Waals surface area contributed by atoms with E-state index in [1.807, 2.05) is 0 Å². The number of nitrogens with zero attached hydrogens (tertiary/aromatic N) is 1. The van der Waals surface area contributed by atoms with Crippen molar-refractivity contribution in [2.75, 3.05) is 24.6 Å². The molecule has 0 saturated carbocycles. The minimum atomic E-state index is -3.87. The number of carbonyl (C=O) groups excluding carboxylic acids is 1. The van der Waals surface area contributed by atoms with Crippen molar-refractivity contribution in [1.29, 1.82) is 0 Å². The fourth-order valence-electron chi connectivity index (χ4n) is 2.06. The lowest BCUT2D eigenvalue weighted by molar-refractivity contribution is -0.127. The van der Waals surface area contributed by atoms with Crippen LogP contribution in [0.3, 0.4) is 0 Å². The Morgan fingerprint density at radius 2 is 2.11 bits per heavy atom. The van der Waals surface area contributed by atoms with Crippen LogP contribution >= 0.6 is 0 Å². The minimum Gasteiger partial charge on any atom is -0.396 e. The highest BCUT2D eigenvalue weighted by atomic mass is 32.2. The van der Waals surface area contributed by atoms with E-state index < -0.39 is 10.0 Å². The Bertz CT molecular complexity index is 614. The van der Waals surface area contributed by atoms with Gasteiger partial charge in [-0.25, -0.2) is 13.6 Å². The van der Waals surface area contributed by atoms with Gasteiger partial charge in [0, 0.05) is 13.6 Å². The topological polar surface area (TPSA) is 119 Å². The number of amides is 1. The van der Waals surface area contributed by atoms with E-state index in [0.717, 1.165) is 0 Å². The molecule has 7 nitrogen and oxygen atoms in total. The molecule has 0 radical (unpaired) electrons. The van der Waals surface area contributed by atoms with Gasteiger partial charge in [-0.15, -0.1) is 0 Å². The smallest absolute Gasteiger partial charge is 0.244 e. The number of para-hydroxylation sites is 1. The van der Waals surface area contributed by atoms with E-state index in [2.05, 4.69) is 5.32 Å². The highest BCUT2D eigenvalue weighted by Gasteiger charge is 2.29. The molecule has 5 N–H and O–H groups in total. The zero-order valence-corrected chi connectivity index (χ0v) is 11.3. The van der Waals surface area contributed by atoms with Gasteiger partial charge in [-0.1, -0.05) is 6.07 Å². The molecule has 19 heavy (non-hydrogen) atoms. The highest BCUT2D eigenvalue weighted by Crippen LogP contribution is 2.27. The summed E-state index contributed by atoms with van der Waals surface area (Å²) in [4.78, 5) is 13.2. The molecule has 0 aliphatic carbocycles. The molecule has 0 bridgehead atoms. The maximum absolute atomic E-state index is 11.8. The quantitative estimate of drug-likeness (QED) is 0.650. The van der Waals surface area contributed by atoms with Gasteiger partial charge in [-0.2, -0.15) is 0 Å². The second kappa shape index (κ2) is 4.71. The van der Waals surface area contributed by atoms with Gasteiger partial charge in [0.15, 0.2) is 0 Å². The van der Waals surface area contributed by atoms with Crippen LogP contribution in [-0.4, -0.2) is 38.9 Å². The third-order valence-corrected chi connectivity index (χ3v) is 4.10. The second-order valence-electron chi connectivity index (χ2n) is 4.51. The summed E-state index contributed by atoms with van der Waals surface area (Å²) < 4.78 is 22.7. The molecule has 1 fully saturated rings. The van der Waals surface area contributed by atoms with Gasteiger partial charge in [-0.05, 0) is 18.6 Å². The number of carbonyl (C=O) groups is 1. The molecule has 104 valence electrons. The fraction of sp³-hybridized carbons (Fsp3) is 0.364. The first-order valence-corrected chi connectivity index (χ1v) is 7.28. The van der Waals surface area contributed by atoms with E-state index in [0.29, 0.717) is 18.7 Å². The molecular weight excluding hydrogens is 268 g/mol. The van der Waals surface area contributed by atoms with Crippen molar-refractivity contribution in [1.82, 2.24) is 4.90 Å². The van der Waals surface area contributed by atoms with E-state index in [-0.39, 0.29) is 22.5 Å². The number of likely N-dealkylation sites (tertiary alicyclic amines) is 1. The number of hydrogen-bond donors (Lipinski definition) is 3. The molecule has 0 spiro atoms. The van der Waals surface area contributed by atoms with E-state index in [9.17, 15) is 13.2 Å². The number of primary sulfonamides is 1. The van der Waals surface area contributed by atoms with Crippen LogP contribution < -0.4 is 16.2 Å². The van der Waals surface area contributed by atoms with E-state index in [1.165, 1.54) is 12.1 Å². The fourth-order valence-corrected chi connectivity index (χ4v) is 2.75. The average molecular weight is 284 g/mol. The van der Waals surface area contributed by atoms with Crippen LogP contribution in [0.15, 0.2) is 23.1 Å². The second-order valence-corrected chi connectivity index (χ2v) is 6.04. The van der Waals surface area contributed by atoms with Crippen molar-refractivity contribution >= 4 is 27.3 Å². The number of benzene rings is 1. The molecule has 1 saturated heterocycles. The largest absolute Gasteiger partial charge is 0.396 e. The van der Waals surface area contributed by atoms with Crippen molar-refractivity contribution < 1.29 is 13.2 Å². The number of likely N-dealkylation sites (N-methyl/N-ethyl adjacent to an activating group) is 1. The van der Waals surface area contributed by atoms with Crippen LogP contribution in [0, 0.1) is 0 Å². The summed E-state index contributed by atoms with van der Waals surface area (Å²) in [5.74, 6) is -0.0413. The molecule has 1 aromatic carbocycles. The Balaban J connectivity index is 2.30. The van der Waals surface area contributed by atoms with Crippen molar-refractivity contribution in [3.05, 3.63) is 18.2 Å². The van der Waals surface area contributed by atoms with Gasteiger partial charge in [0.25, 0.3) is 0 Å². The Morgan fingerprint density at radius 1 is 1.42 bits per heavy atom. The van der Waals surface area contributed by atoms with Crippen LogP contribution in [0.5, 0.6) is 0 Å². The Kier molecular flexibility index (Phi) is 3.38. The van der Waals surface area contributed by atoms with Crippen LogP contribution in [0.1, 0.15) is 6.42 Å². The molecule has 1 aliphatic rings. The lowest BCUT2D eigenvalue weighted by Gasteiger charge is -2.16. The lowest BCUT2D eigenvalue weighted by atomic mass is 10.2. The van der Waals surface area contributed by atoms with Crippen LogP contribution in [0.4, 0.5) is 11.4 Å². The van der Waals surface area contributed by atoms with Crippen molar-refractivity contribution in [3.63, 3.8) is 0 Å². The number of nitrogens with one attached hydrogen (secondary N) is 1. The molecule has 1 heterocycles. The summed E-state index contributed by atoms with van der Waals surface area (Å²) in [5, 5.41) is 8.04. The first-order valence-electron chi connectivity index (χ1n) is 5.73. The van der Waals surface area contributed by atoms with E-state index in [1.54, 1.807) is 18.0 Å². The molecule has 0 aromatic heterocycles. The minimum absolute atomic E-state index is 0.0346. The summed E-state index contributed by atoms with van der Waals surface area (Å²) in [7, 11) is -2.16. The molecule has 1 aromatic rings. The van der Waals surface area contributed by atoms with E-state index >= 15 is 0 Å². The van der Waals surface area contributed by atoms with E-state index in [4.69, 9.17) is 10.9 Å². The number of rotatable bonds is 3. The number of hydrogen-bond acceptors (Lipinski definition) is 5. The van der Waals surface area contributed by atoms with Crippen molar-refractivity contribution in [2.45, 2.75) is 17.4 Å². The van der Waals surface area contributed by atoms with Crippen molar-refractivity contribution in [3.8, 4) is 0 Å². The third kappa shape index (κ3) is 2.64. The molecule has 8 heteroatoms. The van der Waals surface area contributed by atoms with Gasteiger partial charge in [0.1, 0.15) is 10.9 Å². The zero-order chi connectivity index (χ0) is 14.2. The molecule has 2 rings (SSSR count). The van der Waals surface area contributed by atoms with Gasteiger partial charge in [0.05, 0.1) is 11.4 Å². The number of nitrogen functional groups attached to an aromatic ring is 1. The summed E-state index contributed by atoms with van der Waals surface area (Å²) >= 11 is 0. The number of sulfonamides is 1. The van der Waals surface area contributed by atoms with Gasteiger partial charge >= 0.3 is 0 Å². The first-order chi connectivity index (χ1) is 8.80. The molecule has 1 unspecified atom stereocenters. The maximum atomic E-state index is 11.8. The number of anilines is 2. The summed E-state index contributed by atoms with van der Waals surface area (Å²) in [6, 6.07) is 4.10. The first kappa shape index (κ1) is 13.6. The maximum Gasteiger partial charge on any atom is 0.244 e. The predicted octanol–water partition coefficient (Wildman–Crippen LogP) is -0.441. The Morgan fingerprint density at radius 3 is 2.63 bits per heavy atom. The lowest BCUT2D eigenvalue weighted by Crippen LogP contribution is -2.31. The molecular formula is C11H16N4O3S. The number of nitrogens with two attached hydrogens (primary N) is 2. The Hall–Kier alpha value is -1.80. The van der Waals surface area contributed by atoms with Gasteiger partial charge < -0.3 is 16.0 Å². The summed E-state index contributed by atoms with van der Waals surface area (Å²) in [5.41, 5.74) is 6.22. The standard InChI is InChI=1S/C11H16N4O3S/c1-15-6-5-8(11(15)16)14-7-3-2-4-9(10(7)12)19(13,17)18/h2-4,8,14H,5-6,12H2,1H3,(H2,13,17,18). The average Bonchev–Trinajstić information content (AvgIpc) is 2.62.